The predicted molar refractivity (Wildman–Crippen MR) is 113 cm³/mol. The first kappa shape index (κ1) is 18.8. The van der Waals surface area contributed by atoms with Gasteiger partial charge in [-0.1, -0.05) is 6.58 Å². The van der Waals surface area contributed by atoms with Gasteiger partial charge in [-0.25, -0.2) is 15.0 Å². The van der Waals surface area contributed by atoms with Gasteiger partial charge in [0.2, 0.25) is 11.8 Å². The average molecular weight is 396 g/mol. The summed E-state index contributed by atoms with van der Waals surface area (Å²) in [5.74, 6) is -0.0640. The lowest BCUT2D eigenvalue weighted by molar-refractivity contribution is -0.111. The monoisotopic (exact) mass is 396 g/mol. The third kappa shape index (κ3) is 3.47. The maximum Gasteiger partial charge on any atom is 0.247 e. The van der Waals surface area contributed by atoms with Gasteiger partial charge in [0.25, 0.3) is 0 Å². The van der Waals surface area contributed by atoms with Crippen LogP contribution in [0.15, 0.2) is 61.7 Å². The zero-order valence-electron chi connectivity index (χ0n) is 16.0. The van der Waals surface area contributed by atoms with E-state index in [-0.39, 0.29) is 5.91 Å². The van der Waals surface area contributed by atoms with E-state index in [4.69, 9.17) is 10.00 Å². The van der Waals surface area contributed by atoms with Crippen molar-refractivity contribution in [1.29, 1.82) is 5.26 Å². The van der Waals surface area contributed by atoms with Crippen LogP contribution in [0.2, 0.25) is 0 Å². The number of fused-ring (bicyclic) bond motifs is 1. The van der Waals surface area contributed by atoms with E-state index in [0.29, 0.717) is 22.9 Å². The van der Waals surface area contributed by atoms with E-state index in [1.54, 1.807) is 30.7 Å². The van der Waals surface area contributed by atoms with Crippen molar-refractivity contribution in [2.24, 2.45) is 0 Å². The summed E-state index contributed by atoms with van der Waals surface area (Å²) >= 11 is 0. The Morgan fingerprint density at radius 1 is 1.20 bits per heavy atom. The Morgan fingerprint density at radius 3 is 2.77 bits per heavy atom. The van der Waals surface area contributed by atoms with Crippen molar-refractivity contribution in [3.8, 4) is 34.2 Å². The fourth-order valence-corrected chi connectivity index (χ4v) is 3.11. The van der Waals surface area contributed by atoms with E-state index >= 15 is 0 Å². The van der Waals surface area contributed by atoms with Crippen LogP contribution in [-0.2, 0) is 4.79 Å². The summed E-state index contributed by atoms with van der Waals surface area (Å²) in [6, 6.07) is 9.37. The number of nitriles is 1. The van der Waals surface area contributed by atoms with Crippen LogP contribution < -0.4 is 10.1 Å². The molecule has 2 N–H and O–H groups in total. The van der Waals surface area contributed by atoms with Crippen molar-refractivity contribution in [1.82, 2.24) is 19.9 Å². The standard InChI is InChI=1S/C22H16N6O2/c1-3-20(29)28-19-8-15(11-27-22(19)30-2)14-7-17-18(12-26-21(17)25-10-14)13-4-5-24-16(6-13)9-23/h3-8,10-12H,1H2,2H3,(H,25,26)(H,28,29). The lowest BCUT2D eigenvalue weighted by atomic mass is 10.0. The summed E-state index contributed by atoms with van der Waals surface area (Å²) in [5.41, 5.74) is 4.81. The molecule has 4 rings (SSSR count). The Balaban J connectivity index is 1.80. The smallest absolute Gasteiger partial charge is 0.247 e. The fourth-order valence-electron chi connectivity index (χ4n) is 3.11. The summed E-state index contributed by atoms with van der Waals surface area (Å²) in [4.78, 5) is 27.7. The van der Waals surface area contributed by atoms with Crippen molar-refractivity contribution in [2.45, 2.75) is 0 Å². The summed E-state index contributed by atoms with van der Waals surface area (Å²) < 4.78 is 5.23. The van der Waals surface area contributed by atoms with Gasteiger partial charge in [0.15, 0.2) is 0 Å². The number of nitrogens with one attached hydrogen (secondary N) is 2. The molecule has 0 aromatic carbocycles. The Morgan fingerprint density at radius 2 is 2.00 bits per heavy atom. The Hall–Kier alpha value is -4.51. The van der Waals surface area contributed by atoms with Crippen LogP contribution in [0.5, 0.6) is 5.88 Å². The number of carbonyl (C=O) groups excluding carboxylic acids is 1. The highest BCUT2D eigenvalue weighted by Crippen LogP contribution is 2.33. The second-order valence-electron chi connectivity index (χ2n) is 6.34. The molecule has 8 nitrogen and oxygen atoms in total. The third-order valence-electron chi connectivity index (χ3n) is 4.54. The van der Waals surface area contributed by atoms with E-state index in [1.165, 1.54) is 13.2 Å². The first-order valence-corrected chi connectivity index (χ1v) is 8.94. The van der Waals surface area contributed by atoms with Crippen LogP contribution in [-0.4, -0.2) is 33.0 Å². The molecule has 0 aliphatic carbocycles. The number of hydrogen-bond donors (Lipinski definition) is 2. The molecular weight excluding hydrogens is 380 g/mol. The van der Waals surface area contributed by atoms with E-state index in [1.807, 2.05) is 18.3 Å². The highest BCUT2D eigenvalue weighted by molar-refractivity contribution is 6.00. The first-order valence-electron chi connectivity index (χ1n) is 8.94. The zero-order valence-corrected chi connectivity index (χ0v) is 16.0. The van der Waals surface area contributed by atoms with Gasteiger partial charge in [0, 0.05) is 46.9 Å². The molecule has 4 aromatic rings. The summed E-state index contributed by atoms with van der Waals surface area (Å²) in [6.07, 6.45) is 8.00. The molecular formula is C22H16N6O2. The number of rotatable bonds is 5. The Labute approximate surface area is 171 Å². The molecule has 0 saturated heterocycles. The van der Waals surface area contributed by atoms with Gasteiger partial charge in [0.1, 0.15) is 23.1 Å². The molecule has 4 aromatic heterocycles. The number of nitrogens with zero attached hydrogens (tertiary/aromatic N) is 4. The molecule has 0 aliphatic rings. The number of carbonyl (C=O) groups is 1. The van der Waals surface area contributed by atoms with E-state index in [0.717, 1.165) is 27.6 Å². The van der Waals surface area contributed by atoms with Gasteiger partial charge in [-0.3, -0.25) is 4.79 Å². The maximum absolute atomic E-state index is 11.7. The molecule has 0 unspecified atom stereocenters. The first-order chi connectivity index (χ1) is 14.6. The largest absolute Gasteiger partial charge is 0.480 e. The molecule has 0 saturated carbocycles. The molecule has 146 valence electrons. The number of anilines is 1. The van der Waals surface area contributed by atoms with Crippen LogP contribution in [0.25, 0.3) is 33.3 Å². The molecule has 8 heteroatoms. The highest BCUT2D eigenvalue weighted by atomic mass is 16.5. The number of aromatic amines is 1. The maximum atomic E-state index is 11.7. The molecule has 0 spiro atoms. The number of hydrogen-bond acceptors (Lipinski definition) is 6. The predicted octanol–water partition coefficient (Wildman–Crippen LogP) is 3.69. The quantitative estimate of drug-likeness (QED) is 0.497. The van der Waals surface area contributed by atoms with E-state index in [9.17, 15) is 4.79 Å². The van der Waals surface area contributed by atoms with Crippen LogP contribution in [0.4, 0.5) is 5.69 Å². The van der Waals surface area contributed by atoms with Gasteiger partial charge in [0.05, 0.1) is 7.11 Å². The summed E-state index contributed by atoms with van der Waals surface area (Å²) in [7, 11) is 1.48. The Bertz CT molecular complexity index is 1320. The number of amides is 1. The molecule has 4 heterocycles. The second-order valence-corrected chi connectivity index (χ2v) is 6.34. The van der Waals surface area contributed by atoms with Crippen LogP contribution in [0, 0.1) is 11.3 Å². The second kappa shape index (κ2) is 7.85. The molecule has 30 heavy (non-hydrogen) atoms. The SMILES string of the molecule is C=CC(=O)Nc1cc(-c2cnc3[nH]cc(-c4ccnc(C#N)c4)c3c2)cnc1OC. The molecule has 1 amide bonds. The third-order valence-corrected chi connectivity index (χ3v) is 4.54. The lowest BCUT2D eigenvalue weighted by Crippen LogP contribution is -2.09. The van der Waals surface area contributed by atoms with Crippen molar-refractivity contribution in [3.05, 3.63) is 67.4 Å². The van der Waals surface area contributed by atoms with E-state index < -0.39 is 0 Å². The van der Waals surface area contributed by atoms with Gasteiger partial charge in [-0.05, 0) is 35.9 Å². The molecule has 0 fully saturated rings. The van der Waals surface area contributed by atoms with Crippen molar-refractivity contribution < 1.29 is 9.53 Å². The van der Waals surface area contributed by atoms with E-state index in [2.05, 4.69) is 37.9 Å². The van der Waals surface area contributed by atoms with Crippen LogP contribution in [0.3, 0.4) is 0 Å². The molecule has 0 aliphatic heterocycles. The van der Waals surface area contributed by atoms with Gasteiger partial charge in [-0.2, -0.15) is 5.26 Å². The zero-order chi connectivity index (χ0) is 21.1. The highest BCUT2D eigenvalue weighted by Gasteiger charge is 2.13. The van der Waals surface area contributed by atoms with Gasteiger partial charge >= 0.3 is 0 Å². The minimum Gasteiger partial charge on any atom is -0.480 e. The minimum atomic E-state index is -0.361. The number of ether oxygens (including phenoxy) is 1. The summed E-state index contributed by atoms with van der Waals surface area (Å²) in [5, 5.41) is 12.7. The van der Waals surface area contributed by atoms with Crippen LogP contribution >= 0.6 is 0 Å². The van der Waals surface area contributed by atoms with Crippen molar-refractivity contribution >= 4 is 22.6 Å². The fraction of sp³-hybridized carbons (Fsp3) is 0.0455. The van der Waals surface area contributed by atoms with Gasteiger partial charge < -0.3 is 15.0 Å². The van der Waals surface area contributed by atoms with Crippen LogP contribution in [0.1, 0.15) is 5.69 Å². The molecule has 0 atom stereocenters. The normalized spacial score (nSPS) is 10.4. The number of methoxy groups -OCH3 is 1. The lowest BCUT2D eigenvalue weighted by Gasteiger charge is -2.10. The minimum absolute atomic E-state index is 0.297. The van der Waals surface area contributed by atoms with Crippen molar-refractivity contribution in [2.75, 3.05) is 12.4 Å². The topological polar surface area (TPSA) is 117 Å². The number of pyridine rings is 3. The van der Waals surface area contributed by atoms with Crippen molar-refractivity contribution in [3.63, 3.8) is 0 Å². The Kier molecular flexibility index (Phi) is 4.93. The summed E-state index contributed by atoms with van der Waals surface area (Å²) in [6.45, 7) is 3.46. The number of aromatic nitrogens is 4. The van der Waals surface area contributed by atoms with Gasteiger partial charge in [-0.15, -0.1) is 0 Å². The average Bonchev–Trinajstić information content (AvgIpc) is 3.22. The molecule has 0 radical (unpaired) electrons. The number of H-pyrrole nitrogens is 1. The molecule has 0 bridgehead atoms.